The first-order valence-electron chi connectivity index (χ1n) is 8.49. The molecule has 2 aromatic carbocycles. The number of methoxy groups -OCH3 is 1. The van der Waals surface area contributed by atoms with E-state index in [4.69, 9.17) is 4.74 Å². The second-order valence-electron chi connectivity index (χ2n) is 5.92. The van der Waals surface area contributed by atoms with Crippen molar-refractivity contribution in [3.05, 3.63) is 89.5 Å². The second-order valence-corrected chi connectivity index (χ2v) is 5.92. The van der Waals surface area contributed by atoms with Crippen molar-refractivity contribution in [3.63, 3.8) is 0 Å². The summed E-state index contributed by atoms with van der Waals surface area (Å²) in [6.45, 7) is 0.266. The number of aromatic nitrogens is 1. The van der Waals surface area contributed by atoms with Gasteiger partial charge in [0.15, 0.2) is 0 Å². The molecule has 3 rings (SSSR count). The summed E-state index contributed by atoms with van der Waals surface area (Å²) >= 11 is 0. The number of benzene rings is 2. The minimum Gasteiger partial charge on any atom is -0.496 e. The fraction of sp³-hybridized carbons (Fsp3) is 0.0952. The number of nitrogens with zero attached hydrogens (tertiary/aromatic N) is 1. The zero-order valence-electron chi connectivity index (χ0n) is 15.1. The average molecular weight is 379 g/mol. The van der Waals surface area contributed by atoms with E-state index in [2.05, 4.69) is 15.6 Å². The average Bonchev–Trinajstić information content (AvgIpc) is 2.72. The van der Waals surface area contributed by atoms with Crippen LogP contribution in [0, 0.1) is 5.82 Å². The molecule has 28 heavy (non-hydrogen) atoms. The number of rotatable bonds is 6. The van der Waals surface area contributed by atoms with Gasteiger partial charge >= 0.3 is 0 Å². The number of pyridine rings is 1. The smallest absolute Gasteiger partial charge is 0.257 e. The molecule has 2 N–H and O–H groups in total. The van der Waals surface area contributed by atoms with Crippen molar-refractivity contribution in [1.29, 1.82) is 0 Å². The fourth-order valence-corrected chi connectivity index (χ4v) is 2.58. The Bertz CT molecular complexity index is 1010. The van der Waals surface area contributed by atoms with Gasteiger partial charge in [0.2, 0.25) is 0 Å². The molecule has 0 fully saturated rings. The number of halogens is 1. The molecule has 0 aliphatic heterocycles. The molecule has 1 aromatic heterocycles. The first kappa shape index (κ1) is 19.0. The van der Waals surface area contributed by atoms with Crippen molar-refractivity contribution in [2.75, 3.05) is 12.4 Å². The largest absolute Gasteiger partial charge is 0.496 e. The minimum atomic E-state index is -0.488. The standard InChI is InChI=1S/C21H18FN3O3/c1-28-19-8-3-2-5-14(19)13-24-20(26)15-9-16(12-23-11-15)21(27)25-18-7-4-6-17(22)10-18/h2-12H,13H2,1H3,(H,24,26)(H,25,27). The number of carbonyl (C=O) groups is 2. The van der Waals surface area contributed by atoms with Gasteiger partial charge in [-0.2, -0.15) is 0 Å². The van der Waals surface area contributed by atoms with Crippen LogP contribution in [0.2, 0.25) is 0 Å². The van der Waals surface area contributed by atoms with Crippen LogP contribution in [0.3, 0.4) is 0 Å². The Hall–Kier alpha value is -3.74. The van der Waals surface area contributed by atoms with Crippen molar-refractivity contribution in [2.45, 2.75) is 6.54 Å². The number of anilines is 1. The maximum absolute atomic E-state index is 13.2. The van der Waals surface area contributed by atoms with Crippen LogP contribution < -0.4 is 15.4 Å². The number of para-hydroxylation sites is 1. The summed E-state index contributed by atoms with van der Waals surface area (Å²) in [4.78, 5) is 28.7. The lowest BCUT2D eigenvalue weighted by molar-refractivity contribution is 0.0950. The Kier molecular flexibility index (Phi) is 5.96. The molecule has 3 aromatic rings. The lowest BCUT2D eigenvalue weighted by atomic mass is 10.1. The van der Waals surface area contributed by atoms with Crippen LogP contribution in [0.1, 0.15) is 26.3 Å². The highest BCUT2D eigenvalue weighted by atomic mass is 19.1. The Morgan fingerprint density at radius 3 is 2.50 bits per heavy atom. The van der Waals surface area contributed by atoms with E-state index >= 15 is 0 Å². The molecule has 0 radical (unpaired) electrons. The third-order valence-electron chi connectivity index (χ3n) is 3.98. The summed E-state index contributed by atoms with van der Waals surface area (Å²) in [5.74, 6) is -0.652. The lowest BCUT2D eigenvalue weighted by Gasteiger charge is -2.10. The zero-order valence-corrected chi connectivity index (χ0v) is 15.1. The molecule has 0 aliphatic rings. The van der Waals surface area contributed by atoms with Gasteiger partial charge in [0.05, 0.1) is 18.2 Å². The Labute approximate surface area is 161 Å². The van der Waals surface area contributed by atoms with E-state index in [9.17, 15) is 14.0 Å². The van der Waals surface area contributed by atoms with Gasteiger partial charge in [-0.15, -0.1) is 0 Å². The van der Waals surface area contributed by atoms with E-state index in [-0.39, 0.29) is 23.6 Å². The topological polar surface area (TPSA) is 80.3 Å². The molecule has 142 valence electrons. The van der Waals surface area contributed by atoms with Gasteiger partial charge in [0, 0.05) is 30.2 Å². The fourth-order valence-electron chi connectivity index (χ4n) is 2.58. The van der Waals surface area contributed by atoms with Crippen molar-refractivity contribution in [1.82, 2.24) is 10.3 Å². The van der Waals surface area contributed by atoms with Gasteiger partial charge < -0.3 is 15.4 Å². The van der Waals surface area contributed by atoms with E-state index < -0.39 is 11.7 Å². The highest BCUT2D eigenvalue weighted by molar-refractivity contribution is 6.05. The van der Waals surface area contributed by atoms with Crippen LogP contribution >= 0.6 is 0 Å². The predicted molar refractivity (Wildman–Crippen MR) is 103 cm³/mol. The SMILES string of the molecule is COc1ccccc1CNC(=O)c1cncc(C(=O)Nc2cccc(F)c2)c1. The quantitative estimate of drug-likeness (QED) is 0.688. The third-order valence-corrected chi connectivity index (χ3v) is 3.98. The van der Waals surface area contributed by atoms with Crippen LogP contribution in [-0.4, -0.2) is 23.9 Å². The zero-order chi connectivity index (χ0) is 19.9. The van der Waals surface area contributed by atoms with Crippen LogP contribution in [-0.2, 0) is 6.54 Å². The van der Waals surface area contributed by atoms with Gasteiger partial charge in [-0.3, -0.25) is 14.6 Å². The summed E-state index contributed by atoms with van der Waals surface area (Å²) < 4.78 is 18.5. The number of carbonyl (C=O) groups excluding carboxylic acids is 2. The summed E-state index contributed by atoms with van der Waals surface area (Å²) in [5.41, 5.74) is 1.57. The van der Waals surface area contributed by atoms with Gasteiger partial charge in [0.1, 0.15) is 11.6 Å². The normalized spacial score (nSPS) is 10.2. The van der Waals surface area contributed by atoms with Crippen LogP contribution in [0.5, 0.6) is 5.75 Å². The van der Waals surface area contributed by atoms with Crippen molar-refractivity contribution < 1.29 is 18.7 Å². The van der Waals surface area contributed by atoms with Gasteiger partial charge in [-0.05, 0) is 30.3 Å². The molecule has 0 unspecified atom stereocenters. The second kappa shape index (κ2) is 8.77. The summed E-state index contributed by atoms with van der Waals surface area (Å²) in [6, 6.07) is 14.3. The van der Waals surface area contributed by atoms with E-state index in [0.29, 0.717) is 11.4 Å². The van der Waals surface area contributed by atoms with E-state index in [1.807, 2.05) is 18.2 Å². The van der Waals surface area contributed by atoms with E-state index in [1.165, 1.54) is 36.7 Å². The molecular formula is C21H18FN3O3. The van der Waals surface area contributed by atoms with Gasteiger partial charge in [-0.1, -0.05) is 24.3 Å². The molecule has 0 spiro atoms. The highest BCUT2D eigenvalue weighted by Gasteiger charge is 2.12. The first-order chi connectivity index (χ1) is 13.6. The summed E-state index contributed by atoms with van der Waals surface area (Å²) in [5, 5.41) is 5.34. The number of hydrogen-bond donors (Lipinski definition) is 2. The molecule has 1 heterocycles. The number of hydrogen-bond acceptors (Lipinski definition) is 4. The van der Waals surface area contributed by atoms with Crippen molar-refractivity contribution in [3.8, 4) is 5.75 Å². The Morgan fingerprint density at radius 1 is 1.00 bits per heavy atom. The maximum atomic E-state index is 13.2. The Balaban J connectivity index is 1.68. The molecule has 7 heteroatoms. The van der Waals surface area contributed by atoms with Crippen molar-refractivity contribution in [2.24, 2.45) is 0 Å². The van der Waals surface area contributed by atoms with Crippen LogP contribution in [0.15, 0.2) is 67.0 Å². The molecule has 0 aliphatic carbocycles. The van der Waals surface area contributed by atoms with Crippen LogP contribution in [0.25, 0.3) is 0 Å². The molecule has 0 bridgehead atoms. The highest BCUT2D eigenvalue weighted by Crippen LogP contribution is 2.17. The first-order valence-corrected chi connectivity index (χ1v) is 8.49. The third kappa shape index (κ3) is 4.70. The van der Waals surface area contributed by atoms with Gasteiger partial charge in [-0.25, -0.2) is 4.39 Å². The summed E-state index contributed by atoms with van der Waals surface area (Å²) in [7, 11) is 1.56. The summed E-state index contributed by atoms with van der Waals surface area (Å²) in [6.07, 6.45) is 2.71. The maximum Gasteiger partial charge on any atom is 0.257 e. The van der Waals surface area contributed by atoms with Gasteiger partial charge in [0.25, 0.3) is 11.8 Å². The monoisotopic (exact) mass is 379 g/mol. The van der Waals surface area contributed by atoms with E-state index in [0.717, 1.165) is 5.56 Å². The minimum absolute atomic E-state index is 0.189. The van der Waals surface area contributed by atoms with Crippen LogP contribution in [0.4, 0.5) is 10.1 Å². The number of ether oxygens (including phenoxy) is 1. The number of amides is 2. The lowest BCUT2D eigenvalue weighted by Crippen LogP contribution is -2.24. The molecule has 0 saturated carbocycles. The van der Waals surface area contributed by atoms with E-state index in [1.54, 1.807) is 19.2 Å². The molecular weight excluding hydrogens is 361 g/mol. The Morgan fingerprint density at radius 2 is 1.75 bits per heavy atom. The molecule has 0 saturated heterocycles. The van der Waals surface area contributed by atoms with Crippen molar-refractivity contribution >= 4 is 17.5 Å². The molecule has 0 atom stereocenters. The molecule has 2 amide bonds. The molecule has 6 nitrogen and oxygen atoms in total. The predicted octanol–water partition coefficient (Wildman–Crippen LogP) is 3.41. The number of nitrogens with one attached hydrogen (secondary N) is 2.